The molecule has 0 atom stereocenters. The third-order valence-corrected chi connectivity index (χ3v) is 7.65. The van der Waals surface area contributed by atoms with Gasteiger partial charge in [-0.1, -0.05) is 58.4 Å². The first-order valence-electron chi connectivity index (χ1n) is 10.5. The number of hydrogen-bond acceptors (Lipinski definition) is 4. The molecule has 0 heterocycles. The lowest BCUT2D eigenvalue weighted by Crippen LogP contribution is -2.42. The largest absolute Gasteiger partial charge is 0.497 e. The van der Waals surface area contributed by atoms with Crippen LogP contribution in [-0.4, -0.2) is 50.8 Å². The smallest absolute Gasteiger partial charge is 0.243 e. The number of carbonyl (C=O) groups excluding carboxylic acids is 1. The van der Waals surface area contributed by atoms with Crippen LogP contribution in [0.5, 0.6) is 5.75 Å². The number of sulfonamides is 1. The molecule has 6 nitrogen and oxygen atoms in total. The molecule has 3 rings (SSSR count). The van der Waals surface area contributed by atoms with E-state index in [0.717, 1.165) is 21.3 Å². The molecule has 1 amide bonds. The van der Waals surface area contributed by atoms with Crippen LogP contribution in [0.3, 0.4) is 0 Å². The normalized spacial score (nSPS) is 11.4. The van der Waals surface area contributed by atoms with Gasteiger partial charge in [0.1, 0.15) is 5.75 Å². The Morgan fingerprint density at radius 3 is 2.15 bits per heavy atom. The first-order chi connectivity index (χ1) is 15.8. The van der Waals surface area contributed by atoms with Gasteiger partial charge in [-0.15, -0.1) is 0 Å². The lowest BCUT2D eigenvalue weighted by molar-refractivity contribution is -0.130. The molecule has 0 aliphatic rings. The van der Waals surface area contributed by atoms with Crippen molar-refractivity contribution in [3.05, 3.63) is 94.5 Å². The highest BCUT2D eigenvalue weighted by Crippen LogP contribution is 2.20. The van der Waals surface area contributed by atoms with Crippen molar-refractivity contribution in [2.24, 2.45) is 0 Å². The number of rotatable bonds is 10. The first kappa shape index (κ1) is 25.0. The fourth-order valence-corrected chi connectivity index (χ4v) is 4.96. The van der Waals surface area contributed by atoms with Gasteiger partial charge in [0.2, 0.25) is 15.9 Å². The van der Waals surface area contributed by atoms with Crippen molar-refractivity contribution in [3.8, 4) is 5.75 Å². The minimum absolute atomic E-state index is 0.157. The molecule has 0 saturated carbocycles. The van der Waals surface area contributed by atoms with Crippen LogP contribution in [-0.2, 0) is 27.8 Å². The van der Waals surface area contributed by atoms with Crippen LogP contribution in [0.25, 0.3) is 0 Å². The maximum Gasteiger partial charge on any atom is 0.243 e. The fourth-order valence-electron chi connectivity index (χ4n) is 3.30. The van der Waals surface area contributed by atoms with Crippen LogP contribution in [0, 0.1) is 0 Å². The number of benzene rings is 3. The standard InChI is InChI=1S/C25H27BrN2O4S/c1-27(18-21-8-12-23(32-2)13-9-21)25(29)19-28(17-16-20-6-4-3-5-7-20)33(30,31)24-14-10-22(26)11-15-24/h3-15H,16-19H2,1-2H3. The Labute approximate surface area is 204 Å². The van der Waals surface area contributed by atoms with E-state index in [-0.39, 0.29) is 23.9 Å². The molecule has 0 radical (unpaired) electrons. The van der Waals surface area contributed by atoms with E-state index in [1.54, 1.807) is 38.4 Å². The summed E-state index contributed by atoms with van der Waals surface area (Å²) in [5.41, 5.74) is 1.94. The molecule has 174 valence electrons. The second-order valence-corrected chi connectivity index (χ2v) is 10.5. The van der Waals surface area contributed by atoms with Gasteiger partial charge in [0, 0.05) is 24.6 Å². The number of ether oxygens (including phenoxy) is 1. The first-order valence-corrected chi connectivity index (χ1v) is 12.7. The Morgan fingerprint density at radius 2 is 1.55 bits per heavy atom. The van der Waals surface area contributed by atoms with Crippen LogP contribution >= 0.6 is 15.9 Å². The van der Waals surface area contributed by atoms with Gasteiger partial charge in [-0.25, -0.2) is 8.42 Å². The van der Waals surface area contributed by atoms with Crippen LogP contribution < -0.4 is 4.74 Å². The predicted molar refractivity (Wildman–Crippen MR) is 133 cm³/mol. The van der Waals surface area contributed by atoms with Crippen LogP contribution in [0.4, 0.5) is 0 Å². The molecule has 0 aromatic heterocycles. The molecule has 3 aromatic carbocycles. The Kier molecular flexibility index (Phi) is 8.66. The van der Waals surface area contributed by atoms with Crippen LogP contribution in [0.2, 0.25) is 0 Å². The minimum Gasteiger partial charge on any atom is -0.497 e. The van der Waals surface area contributed by atoms with Gasteiger partial charge in [0.15, 0.2) is 0 Å². The zero-order valence-corrected chi connectivity index (χ0v) is 21.1. The van der Waals surface area contributed by atoms with Crippen molar-refractivity contribution >= 4 is 31.9 Å². The Balaban J connectivity index is 1.77. The summed E-state index contributed by atoms with van der Waals surface area (Å²) >= 11 is 3.33. The van der Waals surface area contributed by atoms with Gasteiger partial charge < -0.3 is 9.64 Å². The van der Waals surface area contributed by atoms with E-state index < -0.39 is 10.0 Å². The minimum atomic E-state index is -3.85. The zero-order valence-electron chi connectivity index (χ0n) is 18.6. The highest BCUT2D eigenvalue weighted by molar-refractivity contribution is 9.10. The van der Waals surface area contributed by atoms with Crippen molar-refractivity contribution in [1.82, 2.24) is 9.21 Å². The SMILES string of the molecule is COc1ccc(CN(C)C(=O)CN(CCc2ccccc2)S(=O)(=O)c2ccc(Br)cc2)cc1. The maximum atomic E-state index is 13.4. The zero-order chi connectivity index (χ0) is 23.8. The second kappa shape index (κ2) is 11.4. The number of likely N-dealkylation sites (N-methyl/N-ethyl adjacent to an activating group) is 1. The molecule has 0 unspecified atom stereocenters. The average molecular weight is 531 g/mol. The summed E-state index contributed by atoms with van der Waals surface area (Å²) in [5, 5.41) is 0. The number of carbonyl (C=O) groups is 1. The summed E-state index contributed by atoms with van der Waals surface area (Å²) in [7, 11) is -0.577. The van der Waals surface area contributed by atoms with E-state index in [1.807, 2.05) is 54.6 Å². The molecule has 0 bridgehead atoms. The Hall–Kier alpha value is -2.68. The summed E-state index contributed by atoms with van der Waals surface area (Å²) < 4.78 is 34.0. The second-order valence-electron chi connectivity index (χ2n) is 7.63. The third kappa shape index (κ3) is 6.90. The average Bonchev–Trinajstić information content (AvgIpc) is 2.82. The molecule has 0 saturated heterocycles. The van der Waals surface area contributed by atoms with Crippen LogP contribution in [0.15, 0.2) is 88.2 Å². The maximum absolute atomic E-state index is 13.4. The number of halogens is 1. The molecule has 0 fully saturated rings. The van der Waals surface area contributed by atoms with Crippen molar-refractivity contribution in [3.63, 3.8) is 0 Å². The van der Waals surface area contributed by atoms with E-state index in [0.29, 0.717) is 13.0 Å². The predicted octanol–water partition coefficient (Wildman–Crippen LogP) is 4.35. The van der Waals surface area contributed by atoms with E-state index in [1.165, 1.54) is 9.21 Å². The summed E-state index contributed by atoms with van der Waals surface area (Å²) in [6, 6.07) is 23.5. The molecule has 0 aliphatic heterocycles. The Morgan fingerprint density at radius 1 is 0.909 bits per heavy atom. The molecular formula is C25H27BrN2O4S. The summed E-state index contributed by atoms with van der Waals surface area (Å²) in [5.74, 6) is 0.458. The summed E-state index contributed by atoms with van der Waals surface area (Å²) in [6.45, 7) is 0.329. The van der Waals surface area contributed by atoms with Gasteiger partial charge in [-0.05, 0) is 53.9 Å². The van der Waals surface area contributed by atoms with Crippen molar-refractivity contribution in [2.75, 3.05) is 27.2 Å². The number of nitrogens with zero attached hydrogens (tertiary/aromatic N) is 2. The van der Waals surface area contributed by atoms with Crippen molar-refractivity contribution in [1.29, 1.82) is 0 Å². The molecular weight excluding hydrogens is 504 g/mol. The van der Waals surface area contributed by atoms with E-state index in [9.17, 15) is 13.2 Å². The lowest BCUT2D eigenvalue weighted by atomic mass is 10.1. The highest BCUT2D eigenvalue weighted by atomic mass is 79.9. The molecule has 33 heavy (non-hydrogen) atoms. The van der Waals surface area contributed by atoms with Crippen molar-refractivity contribution in [2.45, 2.75) is 17.9 Å². The monoisotopic (exact) mass is 530 g/mol. The molecule has 0 aliphatic carbocycles. The summed E-state index contributed by atoms with van der Waals surface area (Å²) in [4.78, 5) is 14.7. The van der Waals surface area contributed by atoms with Crippen molar-refractivity contribution < 1.29 is 17.9 Å². The molecule has 0 N–H and O–H groups in total. The fraction of sp³-hybridized carbons (Fsp3) is 0.240. The number of methoxy groups -OCH3 is 1. The van der Waals surface area contributed by atoms with E-state index in [4.69, 9.17) is 4.74 Å². The van der Waals surface area contributed by atoms with E-state index in [2.05, 4.69) is 15.9 Å². The lowest BCUT2D eigenvalue weighted by Gasteiger charge is -2.25. The van der Waals surface area contributed by atoms with E-state index >= 15 is 0 Å². The molecule has 3 aromatic rings. The topological polar surface area (TPSA) is 66.9 Å². The summed E-state index contributed by atoms with van der Waals surface area (Å²) in [6.07, 6.45) is 0.506. The quantitative estimate of drug-likeness (QED) is 0.390. The van der Waals surface area contributed by atoms with Gasteiger partial charge in [0.05, 0.1) is 18.6 Å². The number of hydrogen-bond donors (Lipinski definition) is 0. The van der Waals surface area contributed by atoms with Gasteiger partial charge in [-0.3, -0.25) is 4.79 Å². The van der Waals surface area contributed by atoms with Gasteiger partial charge in [0.25, 0.3) is 0 Å². The van der Waals surface area contributed by atoms with Gasteiger partial charge >= 0.3 is 0 Å². The molecule has 8 heteroatoms. The number of amides is 1. The molecule has 0 spiro atoms. The third-order valence-electron chi connectivity index (χ3n) is 5.26. The van der Waals surface area contributed by atoms with Gasteiger partial charge in [-0.2, -0.15) is 4.31 Å². The Bertz CT molecular complexity index is 1150. The van der Waals surface area contributed by atoms with Crippen LogP contribution in [0.1, 0.15) is 11.1 Å². The highest BCUT2D eigenvalue weighted by Gasteiger charge is 2.27.